The Balaban J connectivity index is 1.75. The molecule has 0 radical (unpaired) electrons. The highest BCUT2D eigenvalue weighted by Gasteiger charge is 2.17. The van der Waals surface area contributed by atoms with Crippen LogP contribution in [0.15, 0.2) is 23.3 Å². The Morgan fingerprint density at radius 2 is 1.91 bits per heavy atom. The number of likely N-dealkylation sites (N-methyl/N-ethyl adjacent to an activating group) is 1. The fourth-order valence-electron chi connectivity index (χ4n) is 2.27. The SMILES string of the molecule is CCN1CCN(CC(=O)NN=Cc2ccc(Cl)c(Cl)c2)CC1. The predicted molar refractivity (Wildman–Crippen MR) is 90.8 cm³/mol. The van der Waals surface area contributed by atoms with E-state index in [4.69, 9.17) is 23.2 Å². The Labute approximate surface area is 140 Å². The summed E-state index contributed by atoms with van der Waals surface area (Å²) in [5.74, 6) is -0.110. The third-order valence-corrected chi connectivity index (χ3v) is 4.36. The first kappa shape index (κ1) is 17.2. The van der Waals surface area contributed by atoms with Gasteiger partial charge in [-0.05, 0) is 24.2 Å². The fourth-order valence-corrected chi connectivity index (χ4v) is 2.58. The number of hydrazone groups is 1. The molecule has 2 rings (SSSR count). The first-order valence-corrected chi connectivity index (χ1v) is 8.05. The summed E-state index contributed by atoms with van der Waals surface area (Å²) in [7, 11) is 0. The molecule has 0 saturated carbocycles. The summed E-state index contributed by atoms with van der Waals surface area (Å²) >= 11 is 11.8. The normalized spacial score (nSPS) is 17.0. The van der Waals surface area contributed by atoms with Crippen molar-refractivity contribution in [3.8, 4) is 0 Å². The minimum atomic E-state index is -0.110. The summed E-state index contributed by atoms with van der Waals surface area (Å²) < 4.78 is 0. The molecule has 1 fully saturated rings. The molecule has 1 aromatic rings. The second kappa shape index (κ2) is 8.48. The number of hydrogen-bond donors (Lipinski definition) is 1. The number of carbonyl (C=O) groups is 1. The van der Waals surface area contributed by atoms with Crippen molar-refractivity contribution in [3.63, 3.8) is 0 Å². The van der Waals surface area contributed by atoms with Gasteiger partial charge in [0.25, 0.3) is 5.91 Å². The first-order chi connectivity index (χ1) is 10.6. The van der Waals surface area contributed by atoms with Gasteiger partial charge in [0.05, 0.1) is 22.8 Å². The maximum Gasteiger partial charge on any atom is 0.254 e. The molecule has 0 unspecified atom stereocenters. The average Bonchev–Trinajstić information content (AvgIpc) is 2.51. The highest BCUT2D eigenvalue weighted by molar-refractivity contribution is 6.42. The Bertz CT molecular complexity index is 542. The van der Waals surface area contributed by atoms with Gasteiger partial charge in [-0.3, -0.25) is 9.69 Å². The largest absolute Gasteiger partial charge is 0.301 e. The highest BCUT2D eigenvalue weighted by atomic mass is 35.5. The van der Waals surface area contributed by atoms with Gasteiger partial charge in [-0.1, -0.05) is 36.2 Å². The van der Waals surface area contributed by atoms with Crippen LogP contribution in [0.25, 0.3) is 0 Å². The fraction of sp³-hybridized carbons (Fsp3) is 0.467. The number of piperazine rings is 1. The van der Waals surface area contributed by atoms with Crippen LogP contribution in [-0.2, 0) is 4.79 Å². The van der Waals surface area contributed by atoms with Crippen LogP contribution in [0, 0.1) is 0 Å². The monoisotopic (exact) mass is 342 g/mol. The summed E-state index contributed by atoms with van der Waals surface area (Å²) in [6, 6.07) is 5.18. The second-order valence-corrected chi connectivity index (χ2v) is 5.99. The number of nitrogens with zero attached hydrogens (tertiary/aromatic N) is 3. The van der Waals surface area contributed by atoms with E-state index >= 15 is 0 Å². The van der Waals surface area contributed by atoms with Crippen molar-refractivity contribution in [2.75, 3.05) is 39.3 Å². The lowest BCUT2D eigenvalue weighted by Gasteiger charge is -2.33. The minimum Gasteiger partial charge on any atom is -0.301 e. The van der Waals surface area contributed by atoms with Crippen molar-refractivity contribution in [1.29, 1.82) is 0 Å². The molecule has 0 atom stereocenters. The maximum absolute atomic E-state index is 11.8. The smallest absolute Gasteiger partial charge is 0.254 e. The van der Waals surface area contributed by atoms with E-state index in [0.29, 0.717) is 16.6 Å². The van der Waals surface area contributed by atoms with E-state index in [0.717, 1.165) is 38.3 Å². The van der Waals surface area contributed by atoms with Gasteiger partial charge in [0.2, 0.25) is 0 Å². The minimum absolute atomic E-state index is 0.110. The van der Waals surface area contributed by atoms with Gasteiger partial charge >= 0.3 is 0 Å². The molecule has 0 aliphatic carbocycles. The van der Waals surface area contributed by atoms with Crippen LogP contribution in [0.5, 0.6) is 0 Å². The predicted octanol–water partition coefficient (Wildman–Crippen LogP) is 2.08. The van der Waals surface area contributed by atoms with Crippen molar-refractivity contribution in [3.05, 3.63) is 33.8 Å². The molecular formula is C15H20Cl2N4O. The van der Waals surface area contributed by atoms with Crippen molar-refractivity contribution >= 4 is 35.3 Å². The first-order valence-electron chi connectivity index (χ1n) is 7.30. The number of carbonyl (C=O) groups excluding carboxylic acids is 1. The van der Waals surface area contributed by atoms with Crippen molar-refractivity contribution in [2.24, 2.45) is 5.10 Å². The van der Waals surface area contributed by atoms with Gasteiger partial charge in [-0.25, -0.2) is 5.43 Å². The molecule has 1 saturated heterocycles. The van der Waals surface area contributed by atoms with Crippen LogP contribution < -0.4 is 5.43 Å². The van der Waals surface area contributed by atoms with Crippen molar-refractivity contribution in [1.82, 2.24) is 15.2 Å². The van der Waals surface area contributed by atoms with E-state index in [1.54, 1.807) is 24.4 Å². The number of halogens is 2. The molecule has 0 spiro atoms. The molecule has 0 bridgehead atoms. The molecule has 1 aliphatic heterocycles. The van der Waals surface area contributed by atoms with E-state index in [9.17, 15) is 4.79 Å². The lowest BCUT2D eigenvalue weighted by Crippen LogP contribution is -2.48. The topological polar surface area (TPSA) is 47.9 Å². The standard InChI is InChI=1S/C15H20Cl2N4O/c1-2-20-5-7-21(8-6-20)11-15(22)19-18-10-12-3-4-13(16)14(17)9-12/h3-4,9-10H,2,5-8,11H2,1H3,(H,19,22). The zero-order chi connectivity index (χ0) is 15.9. The Hall–Kier alpha value is -1.14. The summed E-state index contributed by atoms with van der Waals surface area (Å²) in [6.45, 7) is 7.44. The zero-order valence-corrected chi connectivity index (χ0v) is 14.1. The molecule has 7 heteroatoms. The number of rotatable bonds is 5. The van der Waals surface area contributed by atoms with Crippen LogP contribution >= 0.6 is 23.2 Å². The number of hydrogen-bond acceptors (Lipinski definition) is 4. The van der Waals surface area contributed by atoms with Gasteiger partial charge in [0.1, 0.15) is 0 Å². The van der Waals surface area contributed by atoms with Crippen molar-refractivity contribution in [2.45, 2.75) is 6.92 Å². The van der Waals surface area contributed by atoms with E-state index in [1.807, 2.05) is 0 Å². The van der Waals surface area contributed by atoms with E-state index in [-0.39, 0.29) is 5.91 Å². The number of nitrogens with one attached hydrogen (secondary N) is 1. The molecule has 5 nitrogen and oxygen atoms in total. The molecule has 1 amide bonds. The van der Waals surface area contributed by atoms with Gasteiger partial charge in [-0.2, -0.15) is 5.10 Å². The van der Waals surface area contributed by atoms with Crippen molar-refractivity contribution < 1.29 is 4.79 Å². The highest BCUT2D eigenvalue weighted by Crippen LogP contribution is 2.21. The van der Waals surface area contributed by atoms with E-state index in [1.165, 1.54) is 0 Å². The average molecular weight is 343 g/mol. The van der Waals surface area contributed by atoms with E-state index < -0.39 is 0 Å². The van der Waals surface area contributed by atoms with Gasteiger partial charge < -0.3 is 4.90 Å². The molecule has 1 heterocycles. The quantitative estimate of drug-likeness (QED) is 0.658. The molecule has 1 N–H and O–H groups in total. The number of benzene rings is 1. The third kappa shape index (κ3) is 5.25. The molecule has 1 aliphatic rings. The van der Waals surface area contributed by atoms with Crippen LogP contribution in [0.4, 0.5) is 0 Å². The maximum atomic E-state index is 11.8. The Kier molecular flexibility index (Phi) is 6.64. The van der Waals surface area contributed by atoms with Gasteiger partial charge in [0.15, 0.2) is 0 Å². The Morgan fingerprint density at radius 1 is 1.23 bits per heavy atom. The van der Waals surface area contributed by atoms with Gasteiger partial charge in [-0.15, -0.1) is 0 Å². The van der Waals surface area contributed by atoms with Crippen LogP contribution in [0.2, 0.25) is 10.0 Å². The van der Waals surface area contributed by atoms with Crippen LogP contribution in [-0.4, -0.2) is 61.2 Å². The second-order valence-electron chi connectivity index (χ2n) is 5.18. The van der Waals surface area contributed by atoms with Crippen LogP contribution in [0.1, 0.15) is 12.5 Å². The lowest BCUT2D eigenvalue weighted by atomic mass is 10.2. The number of amides is 1. The lowest BCUT2D eigenvalue weighted by molar-refractivity contribution is -0.122. The zero-order valence-electron chi connectivity index (χ0n) is 12.6. The summed E-state index contributed by atoms with van der Waals surface area (Å²) in [5.41, 5.74) is 3.32. The van der Waals surface area contributed by atoms with Gasteiger partial charge in [0, 0.05) is 26.2 Å². The third-order valence-electron chi connectivity index (χ3n) is 3.63. The molecular weight excluding hydrogens is 323 g/mol. The van der Waals surface area contributed by atoms with E-state index in [2.05, 4.69) is 27.3 Å². The summed E-state index contributed by atoms with van der Waals surface area (Å²) in [5, 5.41) is 4.90. The summed E-state index contributed by atoms with van der Waals surface area (Å²) in [4.78, 5) is 16.4. The molecule has 1 aromatic carbocycles. The molecule has 120 valence electrons. The molecule has 22 heavy (non-hydrogen) atoms. The van der Waals surface area contributed by atoms with Crippen LogP contribution in [0.3, 0.4) is 0 Å². The summed E-state index contributed by atoms with van der Waals surface area (Å²) in [6.07, 6.45) is 1.55. The Morgan fingerprint density at radius 3 is 2.55 bits per heavy atom. The molecule has 0 aromatic heterocycles.